The summed E-state index contributed by atoms with van der Waals surface area (Å²) >= 11 is 0. The maximum atomic E-state index is 13.4. The van der Waals surface area contributed by atoms with Crippen LogP contribution in [0, 0.1) is 17.6 Å². The molecular formula is C13H17F2NO2. The topological polar surface area (TPSA) is 49.3 Å². The minimum atomic E-state index is -0.890. The van der Waals surface area contributed by atoms with E-state index in [0.29, 0.717) is 12.5 Å². The summed E-state index contributed by atoms with van der Waals surface area (Å²) in [4.78, 5) is 11.8. The standard InChI is InChI=1S/C13H17F2NO2/c1-8(2)12(5-6-17)16-13(18)10-4-3-9(14)7-11(10)15/h3-4,7-8,12,17H,5-6H2,1-2H3,(H,16,18). The first-order valence-corrected chi connectivity index (χ1v) is 5.82. The molecule has 1 aromatic carbocycles. The number of amides is 1. The predicted molar refractivity (Wildman–Crippen MR) is 64.2 cm³/mol. The SMILES string of the molecule is CC(C)C(CCO)NC(=O)c1ccc(F)cc1F. The van der Waals surface area contributed by atoms with Crippen molar-refractivity contribution in [1.82, 2.24) is 5.32 Å². The zero-order valence-corrected chi connectivity index (χ0v) is 10.4. The summed E-state index contributed by atoms with van der Waals surface area (Å²) in [6, 6.07) is 2.57. The Balaban J connectivity index is 2.80. The number of benzene rings is 1. The number of rotatable bonds is 5. The molecule has 1 amide bonds. The smallest absolute Gasteiger partial charge is 0.254 e. The molecule has 0 heterocycles. The number of carbonyl (C=O) groups excluding carboxylic acids is 1. The van der Waals surface area contributed by atoms with E-state index in [1.165, 1.54) is 0 Å². The number of carbonyl (C=O) groups is 1. The molecule has 0 aliphatic rings. The third kappa shape index (κ3) is 3.77. The van der Waals surface area contributed by atoms with Gasteiger partial charge in [0.2, 0.25) is 0 Å². The Bertz CT molecular complexity index is 421. The average molecular weight is 257 g/mol. The maximum Gasteiger partial charge on any atom is 0.254 e. The molecule has 0 saturated carbocycles. The second-order valence-electron chi connectivity index (χ2n) is 4.46. The quantitative estimate of drug-likeness (QED) is 0.848. The molecule has 0 radical (unpaired) electrons. The van der Waals surface area contributed by atoms with Crippen LogP contribution in [0.2, 0.25) is 0 Å². The second-order valence-corrected chi connectivity index (χ2v) is 4.46. The number of halogens is 2. The van der Waals surface area contributed by atoms with Crippen LogP contribution in [0.5, 0.6) is 0 Å². The normalized spacial score (nSPS) is 12.6. The highest BCUT2D eigenvalue weighted by atomic mass is 19.1. The van der Waals surface area contributed by atoms with E-state index in [4.69, 9.17) is 5.11 Å². The predicted octanol–water partition coefficient (Wildman–Crippen LogP) is 2.10. The summed E-state index contributed by atoms with van der Waals surface area (Å²) in [6.45, 7) is 3.72. The maximum absolute atomic E-state index is 13.4. The first-order chi connectivity index (χ1) is 8.45. The van der Waals surface area contributed by atoms with Crippen LogP contribution in [0.15, 0.2) is 18.2 Å². The molecule has 1 unspecified atom stereocenters. The zero-order chi connectivity index (χ0) is 13.7. The fourth-order valence-corrected chi connectivity index (χ4v) is 1.63. The Morgan fingerprint density at radius 3 is 2.56 bits per heavy atom. The van der Waals surface area contributed by atoms with Crippen LogP contribution in [-0.4, -0.2) is 23.7 Å². The number of hydrogen-bond donors (Lipinski definition) is 2. The Morgan fingerprint density at radius 2 is 2.06 bits per heavy atom. The molecule has 0 bridgehead atoms. The van der Waals surface area contributed by atoms with Crippen LogP contribution < -0.4 is 5.32 Å². The van der Waals surface area contributed by atoms with Gasteiger partial charge in [-0.15, -0.1) is 0 Å². The molecule has 18 heavy (non-hydrogen) atoms. The van der Waals surface area contributed by atoms with Crippen molar-refractivity contribution < 1.29 is 18.7 Å². The molecule has 1 atom stereocenters. The summed E-state index contributed by atoms with van der Waals surface area (Å²) in [5, 5.41) is 11.5. The molecule has 100 valence electrons. The third-order valence-corrected chi connectivity index (χ3v) is 2.74. The van der Waals surface area contributed by atoms with Crippen molar-refractivity contribution in [2.75, 3.05) is 6.61 Å². The molecule has 0 fully saturated rings. The van der Waals surface area contributed by atoms with Crippen LogP contribution in [0.25, 0.3) is 0 Å². The Hall–Kier alpha value is -1.49. The largest absolute Gasteiger partial charge is 0.396 e. The van der Waals surface area contributed by atoms with Gasteiger partial charge in [-0.3, -0.25) is 4.79 Å². The van der Waals surface area contributed by atoms with Gasteiger partial charge < -0.3 is 10.4 Å². The molecule has 0 spiro atoms. The van der Waals surface area contributed by atoms with Crippen molar-refractivity contribution in [3.63, 3.8) is 0 Å². The van der Waals surface area contributed by atoms with Gasteiger partial charge >= 0.3 is 0 Å². The van der Waals surface area contributed by atoms with Crippen molar-refractivity contribution in [2.45, 2.75) is 26.3 Å². The lowest BCUT2D eigenvalue weighted by Crippen LogP contribution is -2.39. The van der Waals surface area contributed by atoms with Gasteiger partial charge in [-0.25, -0.2) is 8.78 Å². The van der Waals surface area contributed by atoms with E-state index in [0.717, 1.165) is 12.1 Å². The average Bonchev–Trinajstić information content (AvgIpc) is 2.27. The van der Waals surface area contributed by atoms with Gasteiger partial charge in [-0.1, -0.05) is 13.8 Å². The lowest BCUT2D eigenvalue weighted by molar-refractivity contribution is 0.0912. The van der Waals surface area contributed by atoms with Gasteiger partial charge in [0, 0.05) is 18.7 Å². The van der Waals surface area contributed by atoms with E-state index in [-0.39, 0.29) is 24.1 Å². The lowest BCUT2D eigenvalue weighted by atomic mass is 10.0. The van der Waals surface area contributed by atoms with E-state index in [9.17, 15) is 13.6 Å². The van der Waals surface area contributed by atoms with Gasteiger partial charge in [-0.2, -0.15) is 0 Å². The van der Waals surface area contributed by atoms with Gasteiger partial charge in [0.1, 0.15) is 11.6 Å². The van der Waals surface area contributed by atoms with E-state index in [1.54, 1.807) is 0 Å². The molecule has 2 N–H and O–H groups in total. The molecule has 5 heteroatoms. The van der Waals surface area contributed by atoms with Crippen molar-refractivity contribution >= 4 is 5.91 Å². The third-order valence-electron chi connectivity index (χ3n) is 2.74. The van der Waals surface area contributed by atoms with Crippen LogP contribution >= 0.6 is 0 Å². The van der Waals surface area contributed by atoms with Crippen LogP contribution in [0.3, 0.4) is 0 Å². The second kappa shape index (κ2) is 6.44. The summed E-state index contributed by atoms with van der Waals surface area (Å²) in [5.74, 6) is -2.09. The highest BCUT2D eigenvalue weighted by Crippen LogP contribution is 2.12. The molecule has 1 aromatic rings. The minimum absolute atomic E-state index is 0.0605. The van der Waals surface area contributed by atoms with Crippen LogP contribution in [-0.2, 0) is 0 Å². The van der Waals surface area contributed by atoms with E-state index < -0.39 is 17.5 Å². The molecule has 0 aliphatic heterocycles. The van der Waals surface area contributed by atoms with Gasteiger partial charge in [0.05, 0.1) is 5.56 Å². The van der Waals surface area contributed by atoms with E-state index in [2.05, 4.69) is 5.32 Å². The van der Waals surface area contributed by atoms with Crippen molar-refractivity contribution in [1.29, 1.82) is 0 Å². The van der Waals surface area contributed by atoms with Crippen LogP contribution in [0.4, 0.5) is 8.78 Å². The van der Waals surface area contributed by atoms with Gasteiger partial charge in [0.15, 0.2) is 0 Å². The Kier molecular flexibility index (Phi) is 5.22. The van der Waals surface area contributed by atoms with Crippen LogP contribution in [0.1, 0.15) is 30.6 Å². The summed E-state index contributed by atoms with van der Waals surface area (Å²) in [6.07, 6.45) is 0.395. The summed E-state index contributed by atoms with van der Waals surface area (Å²) in [5.41, 5.74) is -0.194. The molecule has 3 nitrogen and oxygen atoms in total. The monoisotopic (exact) mass is 257 g/mol. The van der Waals surface area contributed by atoms with E-state index in [1.807, 2.05) is 13.8 Å². The summed E-state index contributed by atoms with van der Waals surface area (Å²) in [7, 11) is 0. The van der Waals surface area contributed by atoms with Gasteiger partial charge in [0.25, 0.3) is 5.91 Å². The highest BCUT2D eigenvalue weighted by molar-refractivity contribution is 5.94. The summed E-state index contributed by atoms with van der Waals surface area (Å²) < 4.78 is 26.1. The number of aliphatic hydroxyl groups is 1. The van der Waals surface area contributed by atoms with E-state index >= 15 is 0 Å². The van der Waals surface area contributed by atoms with Crippen molar-refractivity contribution in [3.8, 4) is 0 Å². The van der Waals surface area contributed by atoms with Crippen molar-refractivity contribution in [2.24, 2.45) is 5.92 Å². The lowest BCUT2D eigenvalue weighted by Gasteiger charge is -2.21. The Morgan fingerprint density at radius 1 is 1.39 bits per heavy atom. The van der Waals surface area contributed by atoms with Gasteiger partial charge in [-0.05, 0) is 24.5 Å². The first kappa shape index (κ1) is 14.6. The fourth-order valence-electron chi connectivity index (χ4n) is 1.63. The molecule has 1 rings (SSSR count). The van der Waals surface area contributed by atoms with Crippen molar-refractivity contribution in [3.05, 3.63) is 35.4 Å². The molecular weight excluding hydrogens is 240 g/mol. The number of nitrogens with one attached hydrogen (secondary N) is 1. The minimum Gasteiger partial charge on any atom is -0.396 e. The number of aliphatic hydroxyl groups excluding tert-OH is 1. The number of hydrogen-bond acceptors (Lipinski definition) is 2. The first-order valence-electron chi connectivity index (χ1n) is 5.82. The zero-order valence-electron chi connectivity index (χ0n) is 10.4. The highest BCUT2D eigenvalue weighted by Gasteiger charge is 2.19. The molecule has 0 aliphatic carbocycles. The molecule has 0 aromatic heterocycles. The fraction of sp³-hybridized carbons (Fsp3) is 0.462. The molecule has 0 saturated heterocycles. The Labute approximate surface area is 105 Å².